The number of hydrogen-bond acceptors (Lipinski definition) is 3. The van der Waals surface area contributed by atoms with Gasteiger partial charge in [0.2, 0.25) is 0 Å². The molecule has 1 fully saturated rings. The molecule has 0 aromatic heterocycles. The molecule has 3 nitrogen and oxygen atoms in total. The Morgan fingerprint density at radius 3 is 2.55 bits per heavy atom. The maximum atomic E-state index is 10.4. The van der Waals surface area contributed by atoms with E-state index in [4.69, 9.17) is 4.84 Å². The average molecular weight is 157 g/mol. The zero-order valence-electron chi connectivity index (χ0n) is 6.93. The minimum atomic E-state index is -0.254. The molecule has 0 heterocycles. The average Bonchev–Trinajstić information content (AvgIpc) is 2.03. The molecule has 0 spiro atoms. The highest BCUT2D eigenvalue weighted by atomic mass is 16.7. The molecule has 1 rings (SSSR count). The molecular formula is C8H15NO2. The summed E-state index contributed by atoms with van der Waals surface area (Å²) in [5, 5.41) is 0. The third-order valence-electron chi connectivity index (χ3n) is 1.97. The lowest BCUT2D eigenvalue weighted by atomic mass is 9.96. The van der Waals surface area contributed by atoms with Gasteiger partial charge in [-0.15, -0.1) is 0 Å². The molecule has 0 aromatic carbocycles. The number of hydroxylamine groups is 1. The summed E-state index contributed by atoms with van der Waals surface area (Å²) in [5.41, 5.74) is 2.77. The molecule has 3 heteroatoms. The van der Waals surface area contributed by atoms with Crippen LogP contribution in [0.5, 0.6) is 0 Å². The summed E-state index contributed by atoms with van der Waals surface area (Å²) in [6.07, 6.45) is 6.08. The van der Waals surface area contributed by atoms with Crippen LogP contribution in [0.1, 0.15) is 39.0 Å². The van der Waals surface area contributed by atoms with Crippen molar-refractivity contribution in [1.29, 1.82) is 0 Å². The molecular weight excluding hydrogens is 142 g/mol. The largest absolute Gasteiger partial charge is 0.371 e. The summed E-state index contributed by atoms with van der Waals surface area (Å²) >= 11 is 0. The second-order valence-corrected chi connectivity index (χ2v) is 3.05. The van der Waals surface area contributed by atoms with Crippen molar-refractivity contribution >= 4 is 5.97 Å². The molecule has 1 N–H and O–H groups in total. The van der Waals surface area contributed by atoms with Crippen molar-refractivity contribution in [1.82, 2.24) is 5.48 Å². The molecule has 1 aliphatic rings. The summed E-state index contributed by atoms with van der Waals surface area (Å²) in [7, 11) is 0. The Labute approximate surface area is 67.1 Å². The Hall–Kier alpha value is -0.570. The van der Waals surface area contributed by atoms with Gasteiger partial charge in [-0.1, -0.05) is 19.3 Å². The monoisotopic (exact) mass is 157 g/mol. The molecule has 0 aromatic rings. The lowest BCUT2D eigenvalue weighted by Crippen LogP contribution is -2.32. The molecule has 1 aliphatic carbocycles. The highest BCUT2D eigenvalue weighted by Gasteiger charge is 2.13. The van der Waals surface area contributed by atoms with Crippen molar-refractivity contribution in [2.24, 2.45) is 0 Å². The maximum Gasteiger partial charge on any atom is 0.321 e. The van der Waals surface area contributed by atoms with E-state index in [0.717, 1.165) is 12.8 Å². The minimum absolute atomic E-state index is 0.254. The van der Waals surface area contributed by atoms with Crippen LogP contribution in [0.2, 0.25) is 0 Å². The van der Waals surface area contributed by atoms with Crippen molar-refractivity contribution in [2.75, 3.05) is 0 Å². The van der Waals surface area contributed by atoms with Gasteiger partial charge in [0.15, 0.2) is 0 Å². The first-order valence-electron chi connectivity index (χ1n) is 4.22. The maximum absolute atomic E-state index is 10.4. The molecule has 11 heavy (non-hydrogen) atoms. The van der Waals surface area contributed by atoms with E-state index in [1.54, 1.807) is 0 Å². The van der Waals surface area contributed by atoms with Gasteiger partial charge in [-0.25, -0.2) is 0 Å². The van der Waals surface area contributed by atoms with Gasteiger partial charge < -0.3 is 4.84 Å². The Kier molecular flexibility index (Phi) is 3.36. The number of rotatable bonds is 2. The topological polar surface area (TPSA) is 38.3 Å². The Bertz CT molecular complexity index is 130. The van der Waals surface area contributed by atoms with Crippen molar-refractivity contribution in [3.05, 3.63) is 0 Å². The van der Waals surface area contributed by atoms with Gasteiger partial charge in [-0.05, 0) is 12.8 Å². The van der Waals surface area contributed by atoms with Crippen LogP contribution in [-0.4, -0.2) is 12.0 Å². The van der Waals surface area contributed by atoms with Gasteiger partial charge in [-0.2, -0.15) is 5.48 Å². The molecule has 0 atom stereocenters. The normalized spacial score (nSPS) is 19.7. The second-order valence-electron chi connectivity index (χ2n) is 3.05. The molecule has 0 radical (unpaired) electrons. The molecule has 0 amide bonds. The van der Waals surface area contributed by atoms with Crippen LogP contribution in [0, 0.1) is 0 Å². The van der Waals surface area contributed by atoms with E-state index >= 15 is 0 Å². The lowest BCUT2D eigenvalue weighted by molar-refractivity contribution is -0.150. The van der Waals surface area contributed by atoms with E-state index < -0.39 is 0 Å². The van der Waals surface area contributed by atoms with Crippen molar-refractivity contribution < 1.29 is 9.63 Å². The van der Waals surface area contributed by atoms with Crippen LogP contribution in [-0.2, 0) is 9.63 Å². The summed E-state index contributed by atoms with van der Waals surface area (Å²) in [6.45, 7) is 1.41. The number of carbonyl (C=O) groups is 1. The number of hydrogen-bond donors (Lipinski definition) is 1. The molecule has 1 saturated carbocycles. The summed E-state index contributed by atoms with van der Waals surface area (Å²) in [5.74, 6) is -0.254. The van der Waals surface area contributed by atoms with Crippen molar-refractivity contribution in [3.8, 4) is 0 Å². The van der Waals surface area contributed by atoms with Gasteiger partial charge in [0, 0.05) is 13.0 Å². The third-order valence-corrected chi connectivity index (χ3v) is 1.97. The van der Waals surface area contributed by atoms with Crippen molar-refractivity contribution in [3.63, 3.8) is 0 Å². The first-order valence-corrected chi connectivity index (χ1v) is 4.22. The highest BCUT2D eigenvalue weighted by Crippen LogP contribution is 2.16. The smallest absolute Gasteiger partial charge is 0.321 e. The molecule has 0 aliphatic heterocycles. The number of nitrogens with one attached hydrogen (secondary N) is 1. The van der Waals surface area contributed by atoms with Gasteiger partial charge in [-0.3, -0.25) is 4.79 Å². The van der Waals surface area contributed by atoms with E-state index in [2.05, 4.69) is 5.48 Å². The van der Waals surface area contributed by atoms with Crippen LogP contribution in [0.25, 0.3) is 0 Å². The zero-order chi connectivity index (χ0) is 8.10. The van der Waals surface area contributed by atoms with Crippen LogP contribution < -0.4 is 5.48 Å². The molecule has 0 bridgehead atoms. The molecule has 0 saturated heterocycles. The van der Waals surface area contributed by atoms with Gasteiger partial charge >= 0.3 is 5.97 Å². The summed E-state index contributed by atoms with van der Waals surface area (Å²) in [4.78, 5) is 15.1. The van der Waals surface area contributed by atoms with Crippen molar-refractivity contribution in [2.45, 2.75) is 45.1 Å². The van der Waals surface area contributed by atoms with E-state index in [1.165, 1.54) is 26.2 Å². The highest BCUT2D eigenvalue weighted by molar-refractivity contribution is 5.65. The predicted molar refractivity (Wildman–Crippen MR) is 41.8 cm³/mol. The van der Waals surface area contributed by atoms with Crippen LogP contribution in [0.15, 0.2) is 0 Å². The van der Waals surface area contributed by atoms with E-state index in [-0.39, 0.29) is 5.97 Å². The lowest BCUT2D eigenvalue weighted by Gasteiger charge is -2.21. The Morgan fingerprint density at radius 1 is 1.36 bits per heavy atom. The Morgan fingerprint density at radius 2 is 2.00 bits per heavy atom. The minimum Gasteiger partial charge on any atom is -0.371 e. The van der Waals surface area contributed by atoms with Crippen LogP contribution >= 0.6 is 0 Å². The van der Waals surface area contributed by atoms with Gasteiger partial charge in [0.1, 0.15) is 0 Å². The first kappa shape index (κ1) is 8.53. The molecule has 64 valence electrons. The SMILES string of the molecule is CC(=O)ONC1CCCCC1. The van der Waals surface area contributed by atoms with E-state index in [9.17, 15) is 4.79 Å². The Balaban J connectivity index is 2.09. The fraction of sp³-hybridized carbons (Fsp3) is 0.875. The first-order chi connectivity index (χ1) is 5.29. The zero-order valence-corrected chi connectivity index (χ0v) is 6.93. The molecule has 0 unspecified atom stereocenters. The fourth-order valence-corrected chi connectivity index (χ4v) is 1.39. The third kappa shape index (κ3) is 3.37. The van der Waals surface area contributed by atoms with Crippen LogP contribution in [0.4, 0.5) is 0 Å². The second kappa shape index (κ2) is 4.34. The fourth-order valence-electron chi connectivity index (χ4n) is 1.39. The van der Waals surface area contributed by atoms with Crippen LogP contribution in [0.3, 0.4) is 0 Å². The quantitative estimate of drug-likeness (QED) is 0.615. The van der Waals surface area contributed by atoms with Gasteiger partial charge in [0.25, 0.3) is 0 Å². The van der Waals surface area contributed by atoms with E-state index in [0.29, 0.717) is 6.04 Å². The number of carbonyl (C=O) groups excluding carboxylic acids is 1. The van der Waals surface area contributed by atoms with Gasteiger partial charge in [0.05, 0.1) is 0 Å². The summed E-state index contributed by atoms with van der Waals surface area (Å²) in [6, 6.07) is 0.396. The predicted octanol–water partition coefficient (Wildman–Crippen LogP) is 1.39. The standard InChI is InChI=1S/C8H15NO2/c1-7(10)11-9-8-5-3-2-4-6-8/h8-9H,2-6H2,1H3. The summed E-state index contributed by atoms with van der Waals surface area (Å²) < 4.78 is 0. The van der Waals surface area contributed by atoms with E-state index in [1.807, 2.05) is 0 Å².